The summed E-state index contributed by atoms with van der Waals surface area (Å²) in [5.41, 5.74) is 5.87. The Morgan fingerprint density at radius 2 is 2.10 bits per heavy atom. The Labute approximate surface area is 126 Å². The molecule has 1 unspecified atom stereocenters. The third-order valence-corrected chi connectivity index (χ3v) is 5.32. The number of aromatic nitrogens is 1. The summed E-state index contributed by atoms with van der Waals surface area (Å²) in [6.45, 7) is 6.85. The van der Waals surface area contributed by atoms with Crippen molar-refractivity contribution in [1.29, 1.82) is 0 Å². The average Bonchev–Trinajstić information content (AvgIpc) is 2.44. The van der Waals surface area contributed by atoms with Gasteiger partial charge in [-0.05, 0) is 18.1 Å². The first-order valence-corrected chi connectivity index (χ1v) is 8.43. The van der Waals surface area contributed by atoms with Crippen molar-refractivity contribution in [3.8, 4) is 0 Å². The lowest BCUT2D eigenvalue weighted by Crippen LogP contribution is -2.34. The van der Waals surface area contributed by atoms with Gasteiger partial charge in [-0.1, -0.05) is 39.4 Å². The SMILES string of the molecule is CCC(C)CN(CC)S(=O)(=O)c1ccc(C(N)=S)nc1. The first-order valence-electron chi connectivity index (χ1n) is 6.58. The number of hydrogen-bond donors (Lipinski definition) is 1. The molecule has 7 heteroatoms. The molecular formula is C13H21N3O2S2. The zero-order valence-corrected chi connectivity index (χ0v) is 13.7. The molecule has 0 saturated heterocycles. The van der Waals surface area contributed by atoms with E-state index in [-0.39, 0.29) is 9.88 Å². The van der Waals surface area contributed by atoms with Gasteiger partial charge in [0.2, 0.25) is 10.0 Å². The molecule has 112 valence electrons. The van der Waals surface area contributed by atoms with E-state index in [1.807, 2.05) is 20.8 Å². The monoisotopic (exact) mass is 315 g/mol. The fourth-order valence-corrected chi connectivity index (χ4v) is 3.34. The third-order valence-electron chi connectivity index (χ3n) is 3.19. The van der Waals surface area contributed by atoms with Gasteiger partial charge in [-0.15, -0.1) is 0 Å². The highest BCUT2D eigenvalue weighted by Crippen LogP contribution is 2.17. The number of thiocarbonyl (C=S) groups is 1. The normalized spacial score (nSPS) is 13.4. The molecule has 1 atom stereocenters. The average molecular weight is 315 g/mol. The highest BCUT2D eigenvalue weighted by atomic mass is 32.2. The summed E-state index contributed by atoms with van der Waals surface area (Å²) in [6.07, 6.45) is 2.24. The van der Waals surface area contributed by atoms with Crippen LogP contribution < -0.4 is 5.73 Å². The second-order valence-corrected chi connectivity index (χ2v) is 7.09. The van der Waals surface area contributed by atoms with Gasteiger partial charge in [0.15, 0.2) is 0 Å². The van der Waals surface area contributed by atoms with Gasteiger partial charge in [0.05, 0.1) is 5.69 Å². The quantitative estimate of drug-likeness (QED) is 0.776. The van der Waals surface area contributed by atoms with Crippen LogP contribution in [0.4, 0.5) is 0 Å². The zero-order valence-electron chi connectivity index (χ0n) is 12.0. The van der Waals surface area contributed by atoms with Crippen molar-refractivity contribution in [2.75, 3.05) is 13.1 Å². The summed E-state index contributed by atoms with van der Waals surface area (Å²) in [7, 11) is -3.51. The first-order chi connectivity index (χ1) is 9.32. The Kier molecular flexibility index (Phi) is 6.04. The molecule has 0 saturated carbocycles. The van der Waals surface area contributed by atoms with Gasteiger partial charge in [0.25, 0.3) is 0 Å². The minimum Gasteiger partial charge on any atom is -0.388 e. The van der Waals surface area contributed by atoms with Gasteiger partial charge in [-0.2, -0.15) is 4.31 Å². The molecule has 0 aliphatic carbocycles. The minimum absolute atomic E-state index is 0.154. The topological polar surface area (TPSA) is 76.3 Å². The van der Waals surface area contributed by atoms with Gasteiger partial charge >= 0.3 is 0 Å². The fourth-order valence-electron chi connectivity index (χ4n) is 1.70. The van der Waals surface area contributed by atoms with Gasteiger partial charge in [-0.3, -0.25) is 4.98 Å². The van der Waals surface area contributed by atoms with Crippen LogP contribution in [0.15, 0.2) is 23.2 Å². The van der Waals surface area contributed by atoms with Crippen LogP contribution in [0, 0.1) is 5.92 Å². The summed E-state index contributed by atoms with van der Waals surface area (Å²) in [4.78, 5) is 4.31. The van der Waals surface area contributed by atoms with Gasteiger partial charge in [-0.25, -0.2) is 8.42 Å². The first kappa shape index (κ1) is 17.0. The number of rotatable bonds is 7. The lowest BCUT2D eigenvalue weighted by atomic mass is 10.1. The van der Waals surface area contributed by atoms with E-state index in [0.29, 0.717) is 24.7 Å². The Morgan fingerprint density at radius 1 is 1.45 bits per heavy atom. The summed E-state index contributed by atoms with van der Waals surface area (Å²) in [5.74, 6) is 0.313. The van der Waals surface area contributed by atoms with Crippen molar-refractivity contribution in [3.63, 3.8) is 0 Å². The second kappa shape index (κ2) is 7.10. The van der Waals surface area contributed by atoms with Gasteiger partial charge in [0.1, 0.15) is 9.88 Å². The maximum absolute atomic E-state index is 12.5. The van der Waals surface area contributed by atoms with Crippen molar-refractivity contribution in [2.24, 2.45) is 11.7 Å². The summed E-state index contributed by atoms with van der Waals surface area (Å²) < 4.78 is 26.5. The summed E-state index contributed by atoms with van der Waals surface area (Å²) >= 11 is 4.80. The molecule has 0 amide bonds. The molecule has 1 aromatic rings. The Hall–Kier alpha value is -1.05. The number of hydrogen-bond acceptors (Lipinski definition) is 4. The summed E-state index contributed by atoms with van der Waals surface area (Å²) in [5, 5.41) is 0. The molecule has 0 aromatic carbocycles. The molecule has 1 heterocycles. The van der Waals surface area contributed by atoms with Crippen molar-refractivity contribution >= 4 is 27.2 Å². The highest BCUT2D eigenvalue weighted by molar-refractivity contribution is 7.89. The molecule has 2 N–H and O–H groups in total. The van der Waals surface area contributed by atoms with E-state index in [1.165, 1.54) is 22.6 Å². The molecule has 1 aromatic heterocycles. The van der Waals surface area contributed by atoms with Crippen LogP contribution in [0.25, 0.3) is 0 Å². The summed E-state index contributed by atoms with van der Waals surface area (Å²) in [6, 6.07) is 3.03. The van der Waals surface area contributed by atoms with E-state index in [4.69, 9.17) is 18.0 Å². The van der Waals surface area contributed by atoms with Crippen LogP contribution in [0.1, 0.15) is 32.9 Å². The molecule has 0 radical (unpaired) electrons. The number of pyridine rings is 1. The third kappa shape index (κ3) is 3.97. The maximum Gasteiger partial charge on any atom is 0.244 e. The lowest BCUT2D eigenvalue weighted by molar-refractivity contribution is 0.361. The van der Waals surface area contributed by atoms with Gasteiger partial charge in [0, 0.05) is 19.3 Å². The number of nitrogens with zero attached hydrogens (tertiary/aromatic N) is 2. The van der Waals surface area contributed by atoms with E-state index in [0.717, 1.165) is 6.42 Å². The largest absolute Gasteiger partial charge is 0.388 e. The van der Waals surface area contributed by atoms with Crippen molar-refractivity contribution in [2.45, 2.75) is 32.1 Å². The minimum atomic E-state index is -3.51. The molecule has 0 fully saturated rings. The molecule has 0 aliphatic rings. The molecule has 20 heavy (non-hydrogen) atoms. The van der Waals surface area contributed by atoms with Crippen LogP contribution in [0.3, 0.4) is 0 Å². The van der Waals surface area contributed by atoms with Crippen LogP contribution in [-0.4, -0.2) is 35.8 Å². The van der Waals surface area contributed by atoms with Gasteiger partial charge < -0.3 is 5.73 Å². The fraction of sp³-hybridized carbons (Fsp3) is 0.538. The smallest absolute Gasteiger partial charge is 0.244 e. The Morgan fingerprint density at radius 3 is 2.50 bits per heavy atom. The predicted molar refractivity (Wildman–Crippen MR) is 84.0 cm³/mol. The molecule has 0 aliphatic heterocycles. The van der Waals surface area contributed by atoms with Crippen molar-refractivity contribution < 1.29 is 8.42 Å². The van der Waals surface area contributed by atoms with E-state index in [9.17, 15) is 8.42 Å². The zero-order chi connectivity index (χ0) is 15.3. The molecule has 0 spiro atoms. The highest BCUT2D eigenvalue weighted by Gasteiger charge is 2.24. The molecule has 5 nitrogen and oxygen atoms in total. The molecular weight excluding hydrogens is 294 g/mol. The van der Waals surface area contributed by atoms with E-state index in [1.54, 1.807) is 0 Å². The van der Waals surface area contributed by atoms with E-state index >= 15 is 0 Å². The number of nitrogens with two attached hydrogens (primary N) is 1. The van der Waals surface area contributed by atoms with Crippen LogP contribution in [-0.2, 0) is 10.0 Å². The molecule has 0 bridgehead atoms. The standard InChI is InChI=1S/C13H21N3O2S2/c1-4-10(3)9-16(5-2)20(17,18)11-6-7-12(13(14)19)15-8-11/h6-8,10H,4-5,9H2,1-3H3,(H2,14,19). The van der Waals surface area contributed by atoms with Crippen LogP contribution in [0.2, 0.25) is 0 Å². The Bertz CT molecular complexity index is 555. The number of sulfonamides is 1. The van der Waals surface area contributed by atoms with E-state index < -0.39 is 10.0 Å². The predicted octanol–water partition coefficient (Wildman–Crippen LogP) is 1.77. The Balaban J connectivity index is 3.04. The lowest BCUT2D eigenvalue weighted by Gasteiger charge is -2.23. The van der Waals surface area contributed by atoms with E-state index in [2.05, 4.69) is 4.98 Å². The van der Waals surface area contributed by atoms with Crippen molar-refractivity contribution in [1.82, 2.24) is 9.29 Å². The maximum atomic E-state index is 12.5. The molecule has 1 rings (SSSR count). The van der Waals surface area contributed by atoms with Crippen molar-refractivity contribution in [3.05, 3.63) is 24.0 Å². The van der Waals surface area contributed by atoms with Crippen LogP contribution >= 0.6 is 12.2 Å². The second-order valence-electron chi connectivity index (χ2n) is 4.71. The van der Waals surface area contributed by atoms with Crippen LogP contribution in [0.5, 0.6) is 0 Å².